The van der Waals surface area contributed by atoms with Gasteiger partial charge in [0, 0.05) is 73.0 Å². The third-order valence-electron chi connectivity index (χ3n) is 16.9. The summed E-state index contributed by atoms with van der Waals surface area (Å²) in [6, 6.07) is 70.1. The summed E-state index contributed by atoms with van der Waals surface area (Å²) in [5.74, 6) is 2.10. The Bertz CT molecular complexity index is 4150. The molecule has 2 aromatic heterocycles. The van der Waals surface area contributed by atoms with Gasteiger partial charge in [0.1, 0.15) is 0 Å². The van der Waals surface area contributed by atoms with E-state index < -0.39 is 0 Å². The zero-order valence-corrected chi connectivity index (χ0v) is 44.3. The third kappa shape index (κ3) is 8.49. The molecule has 0 N–H and O–H groups in total. The zero-order chi connectivity index (χ0) is 52.1. The summed E-state index contributed by atoms with van der Waals surface area (Å²) in [4.78, 5) is 4.89. The smallest absolute Gasteiger partial charge is 0.0542 e. The number of anilines is 5. The molecule has 78 heavy (non-hydrogen) atoms. The van der Waals surface area contributed by atoms with Crippen LogP contribution in [0.2, 0.25) is 0 Å². The first kappa shape index (κ1) is 47.3. The molecule has 5 unspecified atom stereocenters. The molecule has 8 aromatic carbocycles. The van der Waals surface area contributed by atoms with Crippen molar-refractivity contribution in [1.29, 1.82) is 0 Å². The summed E-state index contributed by atoms with van der Waals surface area (Å²) < 4.78 is 4.87. The maximum absolute atomic E-state index is 2.49. The molecular formula is C74H62N4. The maximum Gasteiger partial charge on any atom is 0.0542 e. The van der Waals surface area contributed by atoms with E-state index >= 15 is 0 Å². The highest BCUT2D eigenvalue weighted by Gasteiger charge is 2.28. The molecule has 4 heteroatoms. The van der Waals surface area contributed by atoms with E-state index in [9.17, 15) is 0 Å². The number of fused-ring (bicyclic) bond motifs is 6. The Labute approximate surface area is 458 Å². The van der Waals surface area contributed by atoms with Gasteiger partial charge in [0.25, 0.3) is 0 Å². The van der Waals surface area contributed by atoms with Crippen molar-refractivity contribution in [2.45, 2.75) is 39.0 Å². The van der Waals surface area contributed by atoms with E-state index in [1.165, 1.54) is 71.7 Å². The largest absolute Gasteiger partial charge is 0.313 e. The van der Waals surface area contributed by atoms with Gasteiger partial charge >= 0.3 is 0 Å². The fraction of sp³-hybridized carbons (Fsp3) is 0.135. The van der Waals surface area contributed by atoms with Crippen LogP contribution in [0.1, 0.15) is 44.6 Å². The van der Waals surface area contributed by atoms with Crippen molar-refractivity contribution in [2.75, 3.05) is 9.80 Å². The SMILES string of the molecule is CC1C=CC=CC1c1ccc(N(c2ccc(-c3ccc(N(C4=CC(C)C(C5C=CC=CC5)C=C4)c4ccc5c(c4)c4ccccc4n5-c4ccccc4)cc3)cc2)c2ccc3c(c2)c2ccccc2n3C2=CC=CCC2)cc1. The Balaban J connectivity index is 0.832. The van der Waals surface area contributed by atoms with E-state index in [2.05, 4.69) is 306 Å². The predicted octanol–water partition coefficient (Wildman–Crippen LogP) is 20.0. The molecule has 0 bridgehead atoms. The molecule has 0 fully saturated rings. The lowest BCUT2D eigenvalue weighted by Crippen LogP contribution is -2.24. The molecule has 378 valence electrons. The summed E-state index contributed by atoms with van der Waals surface area (Å²) in [5.41, 5.74) is 17.9. The average Bonchev–Trinajstić information content (AvgIpc) is 4.17. The number of hydrogen-bond acceptors (Lipinski definition) is 2. The molecule has 0 amide bonds. The van der Waals surface area contributed by atoms with Crippen LogP contribution in [0.5, 0.6) is 0 Å². The number of nitrogens with zero attached hydrogens (tertiary/aromatic N) is 4. The number of para-hydroxylation sites is 3. The number of allylic oxidation sites excluding steroid dienone is 15. The first-order valence-electron chi connectivity index (χ1n) is 28.0. The van der Waals surface area contributed by atoms with Gasteiger partial charge in [-0.15, -0.1) is 0 Å². The minimum atomic E-state index is 0.354. The van der Waals surface area contributed by atoms with Crippen LogP contribution < -0.4 is 9.80 Å². The minimum absolute atomic E-state index is 0.354. The Morgan fingerprint density at radius 2 is 1.00 bits per heavy atom. The highest BCUT2D eigenvalue weighted by atomic mass is 15.2. The number of hydrogen-bond donors (Lipinski definition) is 0. The molecule has 0 radical (unpaired) electrons. The second kappa shape index (κ2) is 20.1. The minimum Gasteiger partial charge on any atom is -0.313 e. The van der Waals surface area contributed by atoms with Crippen LogP contribution in [0.15, 0.2) is 279 Å². The highest BCUT2D eigenvalue weighted by molar-refractivity contribution is 6.12. The second-order valence-electron chi connectivity index (χ2n) is 21.7. The average molecular weight is 1010 g/mol. The topological polar surface area (TPSA) is 16.3 Å². The molecule has 2 heterocycles. The van der Waals surface area contributed by atoms with Gasteiger partial charge in [-0.25, -0.2) is 0 Å². The lowest BCUT2D eigenvalue weighted by atomic mass is 9.76. The van der Waals surface area contributed by atoms with Crippen molar-refractivity contribution >= 4 is 77.7 Å². The molecule has 14 rings (SSSR count). The van der Waals surface area contributed by atoms with Crippen LogP contribution in [0.4, 0.5) is 28.4 Å². The van der Waals surface area contributed by atoms with Gasteiger partial charge in [-0.05, 0) is 169 Å². The second-order valence-corrected chi connectivity index (χ2v) is 21.7. The van der Waals surface area contributed by atoms with E-state index in [-0.39, 0.29) is 0 Å². The normalized spacial score (nSPS) is 19.7. The molecule has 5 atom stereocenters. The predicted molar refractivity (Wildman–Crippen MR) is 332 cm³/mol. The summed E-state index contributed by atoms with van der Waals surface area (Å²) in [6.45, 7) is 4.69. The van der Waals surface area contributed by atoms with E-state index in [1.54, 1.807) is 0 Å². The molecule has 4 nitrogen and oxygen atoms in total. The first-order valence-corrected chi connectivity index (χ1v) is 28.0. The van der Waals surface area contributed by atoms with Crippen LogP contribution in [0, 0.1) is 23.7 Å². The quantitative estimate of drug-likeness (QED) is 0.128. The standard InChI is InChI=1S/C74H62N4/c1-51-18-12-13-25-65(51)56-34-40-60(41-35-56)75(63-43-46-73-69(49-63)67-26-14-16-28-71(67)77(73)57-21-8-4-9-22-57)59-36-30-53(31-37-59)54-32-38-61(39-33-54)76(62-42-45-66(52(2)48-62)55-19-6-3-7-20-55)64-44-47-74-70(50-64)68-27-15-17-29-72(68)78(74)58-23-10-5-11-24-58/h3-8,10-19,21,23-52,55,65-66H,9,20,22H2,1-2H3. The maximum atomic E-state index is 2.49. The monoisotopic (exact) mass is 1010 g/mol. The lowest BCUT2D eigenvalue weighted by molar-refractivity contribution is 0.388. The van der Waals surface area contributed by atoms with Gasteiger partial charge in [-0.1, -0.05) is 178 Å². The van der Waals surface area contributed by atoms with Crippen molar-refractivity contribution in [1.82, 2.24) is 9.13 Å². The van der Waals surface area contributed by atoms with Gasteiger partial charge in [0.2, 0.25) is 0 Å². The molecule has 0 saturated heterocycles. The van der Waals surface area contributed by atoms with Gasteiger partial charge in [0.05, 0.1) is 22.1 Å². The fourth-order valence-corrected chi connectivity index (χ4v) is 13.0. The van der Waals surface area contributed by atoms with Gasteiger partial charge in [-0.3, -0.25) is 0 Å². The van der Waals surface area contributed by atoms with Crippen LogP contribution >= 0.6 is 0 Å². The van der Waals surface area contributed by atoms with Crippen LogP contribution in [0.3, 0.4) is 0 Å². The zero-order valence-electron chi connectivity index (χ0n) is 44.3. The first-order chi connectivity index (χ1) is 38.5. The van der Waals surface area contributed by atoms with Crippen LogP contribution in [0.25, 0.3) is 66.1 Å². The Morgan fingerprint density at radius 1 is 0.436 bits per heavy atom. The van der Waals surface area contributed by atoms with Crippen molar-refractivity contribution < 1.29 is 0 Å². The van der Waals surface area contributed by atoms with Gasteiger partial charge in [-0.2, -0.15) is 0 Å². The summed E-state index contributed by atoms with van der Waals surface area (Å²) in [5, 5.41) is 5.00. The molecule has 4 aliphatic carbocycles. The summed E-state index contributed by atoms with van der Waals surface area (Å²) >= 11 is 0. The molecule has 4 aliphatic rings. The summed E-state index contributed by atoms with van der Waals surface area (Å²) in [6.07, 6.45) is 35.3. The van der Waals surface area contributed by atoms with Crippen molar-refractivity contribution in [3.63, 3.8) is 0 Å². The van der Waals surface area contributed by atoms with E-state index in [1.807, 2.05) is 0 Å². The van der Waals surface area contributed by atoms with Crippen LogP contribution in [-0.2, 0) is 0 Å². The van der Waals surface area contributed by atoms with Gasteiger partial charge in [0.15, 0.2) is 0 Å². The van der Waals surface area contributed by atoms with Crippen molar-refractivity contribution in [3.8, 4) is 16.8 Å². The third-order valence-corrected chi connectivity index (χ3v) is 16.9. The van der Waals surface area contributed by atoms with Crippen molar-refractivity contribution in [2.24, 2.45) is 23.7 Å². The number of aromatic nitrogens is 2. The lowest BCUT2D eigenvalue weighted by Gasteiger charge is -2.34. The van der Waals surface area contributed by atoms with E-state index in [0.717, 1.165) is 53.4 Å². The summed E-state index contributed by atoms with van der Waals surface area (Å²) in [7, 11) is 0. The van der Waals surface area contributed by atoms with Crippen LogP contribution in [-0.4, -0.2) is 9.13 Å². The van der Waals surface area contributed by atoms with E-state index in [4.69, 9.17) is 0 Å². The number of benzene rings is 8. The van der Waals surface area contributed by atoms with E-state index in [0.29, 0.717) is 29.6 Å². The molecule has 0 saturated carbocycles. The molecule has 10 aromatic rings. The van der Waals surface area contributed by atoms with Gasteiger partial charge < -0.3 is 18.9 Å². The highest BCUT2D eigenvalue weighted by Crippen LogP contribution is 2.44. The fourth-order valence-electron chi connectivity index (χ4n) is 13.0. The Morgan fingerprint density at radius 3 is 1.63 bits per heavy atom. The number of rotatable bonds is 11. The Kier molecular flexibility index (Phi) is 12.2. The molecule has 0 aliphatic heterocycles. The van der Waals surface area contributed by atoms with Crippen molar-refractivity contribution in [3.05, 3.63) is 284 Å². The Hall–Kier alpha value is -9.12. The molecular weight excluding hydrogens is 945 g/mol. The molecule has 0 spiro atoms.